The van der Waals surface area contributed by atoms with Gasteiger partial charge >= 0.3 is 0 Å². The van der Waals surface area contributed by atoms with Crippen LogP contribution in [0, 0.1) is 6.92 Å². The van der Waals surface area contributed by atoms with E-state index in [0.717, 1.165) is 28.3 Å². The van der Waals surface area contributed by atoms with Crippen molar-refractivity contribution in [1.29, 1.82) is 0 Å². The van der Waals surface area contributed by atoms with Gasteiger partial charge in [-0.05, 0) is 43.8 Å². The normalized spacial score (nSPS) is 12.7. The van der Waals surface area contributed by atoms with Crippen molar-refractivity contribution in [3.63, 3.8) is 0 Å². The Morgan fingerprint density at radius 1 is 1.21 bits per heavy atom. The molecule has 0 aliphatic carbocycles. The molecule has 0 saturated carbocycles. The third-order valence-corrected chi connectivity index (χ3v) is 4.36. The van der Waals surface area contributed by atoms with Crippen molar-refractivity contribution in [2.45, 2.75) is 19.5 Å². The van der Waals surface area contributed by atoms with Crippen molar-refractivity contribution in [2.24, 2.45) is 0 Å². The molecule has 3 aromatic rings. The van der Waals surface area contributed by atoms with Gasteiger partial charge in [0.05, 0.1) is 25.5 Å². The molecule has 0 spiro atoms. The maximum absolute atomic E-state index is 9.84. The highest BCUT2D eigenvalue weighted by Crippen LogP contribution is 2.23. The van der Waals surface area contributed by atoms with E-state index in [1.165, 1.54) is 0 Å². The number of benzene rings is 1. The molecule has 0 radical (unpaired) electrons. The van der Waals surface area contributed by atoms with E-state index in [9.17, 15) is 5.11 Å². The van der Waals surface area contributed by atoms with Gasteiger partial charge in [0.1, 0.15) is 11.4 Å². The lowest BCUT2D eigenvalue weighted by molar-refractivity contribution is 0.141. The van der Waals surface area contributed by atoms with Crippen LogP contribution in [0.1, 0.15) is 23.0 Å². The summed E-state index contributed by atoms with van der Waals surface area (Å²) < 4.78 is 7.28. The summed E-state index contributed by atoms with van der Waals surface area (Å²) in [4.78, 5) is 6.78. The molecule has 2 heterocycles. The van der Waals surface area contributed by atoms with Crippen LogP contribution in [-0.2, 0) is 6.54 Å². The number of imidazole rings is 1. The molecule has 5 nitrogen and oxygen atoms in total. The van der Waals surface area contributed by atoms with E-state index in [1.807, 2.05) is 43.4 Å². The van der Waals surface area contributed by atoms with Gasteiger partial charge in [0.2, 0.25) is 0 Å². The maximum atomic E-state index is 9.84. The van der Waals surface area contributed by atoms with Crippen molar-refractivity contribution >= 4 is 5.65 Å². The van der Waals surface area contributed by atoms with Gasteiger partial charge in [0, 0.05) is 18.4 Å². The van der Waals surface area contributed by atoms with Crippen molar-refractivity contribution in [2.75, 3.05) is 20.8 Å². The molecule has 1 aromatic carbocycles. The van der Waals surface area contributed by atoms with Gasteiger partial charge in [0.25, 0.3) is 0 Å². The summed E-state index contributed by atoms with van der Waals surface area (Å²) >= 11 is 0. The highest BCUT2D eigenvalue weighted by molar-refractivity contribution is 5.41. The molecule has 0 saturated heterocycles. The van der Waals surface area contributed by atoms with E-state index in [2.05, 4.69) is 33.5 Å². The zero-order valence-corrected chi connectivity index (χ0v) is 14.3. The Balaban J connectivity index is 1.79. The minimum absolute atomic E-state index is 0.0508. The number of ether oxygens (including phenoxy) is 1. The molecule has 1 unspecified atom stereocenters. The standard InChI is InChI=1S/C19H23N3O2/c1-14-5-4-6-19-20-16(12-22(14)19)11-21(2)18(13-23)15-7-9-17(24-3)10-8-15/h4-10,12,18,23H,11,13H2,1-3H3. The summed E-state index contributed by atoms with van der Waals surface area (Å²) in [5, 5.41) is 9.84. The number of pyridine rings is 1. The van der Waals surface area contributed by atoms with Crippen LogP contribution in [0.5, 0.6) is 5.75 Å². The minimum Gasteiger partial charge on any atom is -0.497 e. The number of aliphatic hydroxyl groups excluding tert-OH is 1. The molecule has 126 valence electrons. The molecule has 24 heavy (non-hydrogen) atoms. The molecule has 3 rings (SSSR count). The Morgan fingerprint density at radius 3 is 2.58 bits per heavy atom. The van der Waals surface area contributed by atoms with Crippen molar-refractivity contribution in [1.82, 2.24) is 14.3 Å². The number of aliphatic hydroxyl groups is 1. The van der Waals surface area contributed by atoms with Crippen LogP contribution >= 0.6 is 0 Å². The van der Waals surface area contributed by atoms with Gasteiger partial charge in [-0.15, -0.1) is 0 Å². The maximum Gasteiger partial charge on any atom is 0.137 e. The number of rotatable bonds is 6. The molecule has 0 fully saturated rings. The van der Waals surface area contributed by atoms with E-state index in [0.29, 0.717) is 6.54 Å². The second kappa shape index (κ2) is 7.03. The summed E-state index contributed by atoms with van der Waals surface area (Å²) in [5.74, 6) is 0.814. The van der Waals surface area contributed by atoms with E-state index < -0.39 is 0 Å². The first-order valence-corrected chi connectivity index (χ1v) is 8.01. The predicted molar refractivity (Wildman–Crippen MR) is 94.2 cm³/mol. The first kappa shape index (κ1) is 16.5. The number of hydrogen-bond acceptors (Lipinski definition) is 4. The number of likely N-dealkylation sites (N-methyl/N-ethyl adjacent to an activating group) is 1. The van der Waals surface area contributed by atoms with E-state index in [1.54, 1.807) is 7.11 Å². The minimum atomic E-state index is -0.0817. The predicted octanol–water partition coefficient (Wildman–Crippen LogP) is 2.82. The lowest BCUT2D eigenvalue weighted by Crippen LogP contribution is -2.27. The van der Waals surface area contributed by atoms with Crippen molar-refractivity contribution < 1.29 is 9.84 Å². The van der Waals surface area contributed by atoms with Crippen LogP contribution in [-0.4, -0.2) is 40.2 Å². The summed E-state index contributed by atoms with van der Waals surface area (Å²) in [6, 6.07) is 13.8. The second-order valence-electron chi connectivity index (χ2n) is 6.01. The van der Waals surface area contributed by atoms with E-state index >= 15 is 0 Å². The van der Waals surface area contributed by atoms with Gasteiger partial charge < -0.3 is 14.2 Å². The average molecular weight is 325 g/mol. The van der Waals surface area contributed by atoms with Crippen LogP contribution in [0.4, 0.5) is 0 Å². The lowest BCUT2D eigenvalue weighted by atomic mass is 10.1. The smallest absolute Gasteiger partial charge is 0.137 e. The highest BCUT2D eigenvalue weighted by atomic mass is 16.5. The van der Waals surface area contributed by atoms with E-state index in [4.69, 9.17) is 4.74 Å². The van der Waals surface area contributed by atoms with Gasteiger partial charge in [0.15, 0.2) is 0 Å². The molecular formula is C19H23N3O2. The molecule has 2 aromatic heterocycles. The van der Waals surface area contributed by atoms with E-state index in [-0.39, 0.29) is 12.6 Å². The molecule has 1 N–H and O–H groups in total. The first-order valence-electron chi connectivity index (χ1n) is 8.01. The largest absolute Gasteiger partial charge is 0.497 e. The number of fused-ring (bicyclic) bond motifs is 1. The fourth-order valence-corrected chi connectivity index (χ4v) is 2.97. The summed E-state index contributed by atoms with van der Waals surface area (Å²) in [7, 11) is 3.65. The Bertz CT molecular complexity index is 811. The van der Waals surface area contributed by atoms with Gasteiger partial charge in [-0.3, -0.25) is 4.90 Å². The van der Waals surface area contributed by atoms with Gasteiger partial charge in [-0.25, -0.2) is 4.98 Å². The SMILES string of the molecule is COc1ccc(C(CO)N(C)Cc2cn3c(C)cccc3n2)cc1. The Hall–Kier alpha value is -2.37. The fourth-order valence-electron chi connectivity index (χ4n) is 2.97. The van der Waals surface area contributed by atoms with Gasteiger partial charge in [-0.1, -0.05) is 18.2 Å². The number of nitrogens with zero attached hydrogens (tertiary/aromatic N) is 3. The number of methoxy groups -OCH3 is 1. The van der Waals surface area contributed by atoms with Crippen LogP contribution in [0.3, 0.4) is 0 Å². The molecule has 0 bridgehead atoms. The Kier molecular flexibility index (Phi) is 4.83. The van der Waals surface area contributed by atoms with Crippen LogP contribution in [0.25, 0.3) is 5.65 Å². The third-order valence-electron chi connectivity index (χ3n) is 4.36. The third kappa shape index (κ3) is 3.27. The summed E-state index contributed by atoms with van der Waals surface area (Å²) in [6.07, 6.45) is 2.06. The average Bonchev–Trinajstić information content (AvgIpc) is 3.00. The van der Waals surface area contributed by atoms with Crippen molar-refractivity contribution in [3.8, 4) is 5.75 Å². The molecule has 0 aliphatic heterocycles. The second-order valence-corrected chi connectivity index (χ2v) is 6.01. The monoisotopic (exact) mass is 325 g/mol. The summed E-state index contributed by atoms with van der Waals surface area (Å²) in [6.45, 7) is 2.78. The van der Waals surface area contributed by atoms with Crippen LogP contribution < -0.4 is 4.74 Å². The van der Waals surface area contributed by atoms with Crippen molar-refractivity contribution in [3.05, 3.63) is 65.6 Å². The topological polar surface area (TPSA) is 50.0 Å². The zero-order chi connectivity index (χ0) is 17.1. The summed E-state index contributed by atoms with van der Waals surface area (Å²) in [5.41, 5.74) is 4.14. The molecular weight excluding hydrogens is 302 g/mol. The first-order chi connectivity index (χ1) is 11.6. The van der Waals surface area contributed by atoms with Crippen LogP contribution in [0.2, 0.25) is 0 Å². The zero-order valence-electron chi connectivity index (χ0n) is 14.3. The molecule has 1 atom stereocenters. The quantitative estimate of drug-likeness (QED) is 0.757. The molecule has 5 heteroatoms. The Labute approximate surface area is 142 Å². The van der Waals surface area contributed by atoms with Crippen LogP contribution in [0.15, 0.2) is 48.7 Å². The Morgan fingerprint density at radius 2 is 1.96 bits per heavy atom. The molecule has 0 amide bonds. The van der Waals surface area contributed by atoms with Gasteiger partial charge in [-0.2, -0.15) is 0 Å². The highest BCUT2D eigenvalue weighted by Gasteiger charge is 2.17. The lowest BCUT2D eigenvalue weighted by Gasteiger charge is -2.26. The molecule has 0 aliphatic rings. The number of aromatic nitrogens is 2. The number of hydrogen-bond donors (Lipinski definition) is 1. The fraction of sp³-hybridized carbons (Fsp3) is 0.316. The number of aryl methyl sites for hydroxylation is 1.